The zero-order valence-electron chi connectivity index (χ0n) is 12.1. The highest BCUT2D eigenvalue weighted by atomic mass is 16.6. The van der Waals surface area contributed by atoms with Gasteiger partial charge in [0.05, 0.1) is 27.5 Å². The van der Waals surface area contributed by atoms with E-state index < -0.39 is 9.85 Å². The summed E-state index contributed by atoms with van der Waals surface area (Å²) in [6.45, 7) is 1.78. The van der Waals surface area contributed by atoms with Crippen molar-refractivity contribution in [3.63, 3.8) is 0 Å². The molecule has 0 spiro atoms. The van der Waals surface area contributed by atoms with E-state index in [9.17, 15) is 20.2 Å². The van der Waals surface area contributed by atoms with Crippen molar-refractivity contribution in [2.75, 3.05) is 5.32 Å². The molecule has 1 unspecified atom stereocenters. The molecule has 8 nitrogen and oxygen atoms in total. The van der Waals surface area contributed by atoms with Crippen molar-refractivity contribution in [3.8, 4) is 6.07 Å². The first-order valence-electron chi connectivity index (χ1n) is 6.62. The zero-order valence-corrected chi connectivity index (χ0v) is 12.1. The molecule has 1 N–H and O–H groups in total. The van der Waals surface area contributed by atoms with Gasteiger partial charge in [-0.1, -0.05) is 12.1 Å². The smallest absolute Gasteiger partial charge is 0.299 e. The molecule has 23 heavy (non-hydrogen) atoms. The molecule has 0 amide bonds. The van der Waals surface area contributed by atoms with E-state index in [0.717, 1.165) is 11.6 Å². The molecular formula is C15H12N4O4. The third kappa shape index (κ3) is 3.59. The molecular weight excluding hydrogens is 300 g/mol. The second-order valence-corrected chi connectivity index (χ2v) is 4.82. The van der Waals surface area contributed by atoms with Crippen molar-refractivity contribution in [1.82, 2.24) is 0 Å². The lowest BCUT2D eigenvalue weighted by molar-refractivity contribution is -0.393. The number of nitro benzene ring substituents is 2. The molecule has 0 bridgehead atoms. The first kappa shape index (κ1) is 15.9. The Kier molecular flexibility index (Phi) is 4.52. The van der Waals surface area contributed by atoms with Crippen molar-refractivity contribution >= 4 is 17.1 Å². The number of nitro groups is 2. The van der Waals surface area contributed by atoms with Gasteiger partial charge in [0, 0.05) is 12.1 Å². The van der Waals surface area contributed by atoms with Gasteiger partial charge in [-0.25, -0.2) is 0 Å². The van der Waals surface area contributed by atoms with E-state index in [1.54, 1.807) is 31.2 Å². The summed E-state index contributed by atoms with van der Waals surface area (Å²) in [4.78, 5) is 20.5. The van der Waals surface area contributed by atoms with Gasteiger partial charge in [-0.05, 0) is 30.7 Å². The maximum atomic E-state index is 11.1. The summed E-state index contributed by atoms with van der Waals surface area (Å²) in [5, 5.41) is 33.7. The number of nitrogens with one attached hydrogen (secondary N) is 1. The van der Waals surface area contributed by atoms with Crippen LogP contribution in [0.2, 0.25) is 0 Å². The molecule has 0 heterocycles. The maximum absolute atomic E-state index is 11.1. The van der Waals surface area contributed by atoms with E-state index in [-0.39, 0.29) is 23.1 Å². The van der Waals surface area contributed by atoms with Crippen LogP contribution in [0.1, 0.15) is 24.1 Å². The standard InChI is InChI=1S/C15H12N4O4/c1-10(12-4-2-3-11(7-12)9-16)17-14-6-5-13(18(20)21)8-15(14)19(22)23/h2-8,10,17H,1H3. The molecule has 2 rings (SSSR count). The first-order chi connectivity index (χ1) is 10.9. The first-order valence-corrected chi connectivity index (χ1v) is 6.62. The summed E-state index contributed by atoms with van der Waals surface area (Å²) in [6, 6.07) is 12.0. The highest BCUT2D eigenvalue weighted by Gasteiger charge is 2.20. The maximum Gasteiger partial charge on any atom is 0.299 e. The molecule has 116 valence electrons. The van der Waals surface area contributed by atoms with Gasteiger partial charge in [-0.2, -0.15) is 5.26 Å². The van der Waals surface area contributed by atoms with Gasteiger partial charge < -0.3 is 5.32 Å². The van der Waals surface area contributed by atoms with E-state index in [0.29, 0.717) is 5.56 Å². The minimum Gasteiger partial charge on any atom is -0.373 e. The van der Waals surface area contributed by atoms with Crippen LogP contribution in [0.25, 0.3) is 0 Å². The van der Waals surface area contributed by atoms with E-state index in [4.69, 9.17) is 5.26 Å². The van der Waals surface area contributed by atoms with Gasteiger partial charge in [0.2, 0.25) is 0 Å². The Morgan fingerprint density at radius 3 is 2.48 bits per heavy atom. The molecule has 8 heteroatoms. The van der Waals surface area contributed by atoms with E-state index >= 15 is 0 Å². The van der Waals surface area contributed by atoms with Crippen molar-refractivity contribution in [2.24, 2.45) is 0 Å². The van der Waals surface area contributed by atoms with E-state index in [1.165, 1.54) is 12.1 Å². The van der Waals surface area contributed by atoms with Crippen molar-refractivity contribution in [3.05, 3.63) is 73.8 Å². The van der Waals surface area contributed by atoms with Crippen molar-refractivity contribution in [2.45, 2.75) is 13.0 Å². The average Bonchev–Trinajstić information content (AvgIpc) is 2.54. The van der Waals surface area contributed by atoms with Crippen LogP contribution < -0.4 is 5.32 Å². The fourth-order valence-electron chi connectivity index (χ4n) is 2.10. The number of anilines is 1. The molecule has 2 aromatic rings. The molecule has 0 radical (unpaired) electrons. The lowest BCUT2D eigenvalue weighted by Crippen LogP contribution is -2.08. The highest BCUT2D eigenvalue weighted by Crippen LogP contribution is 2.31. The van der Waals surface area contributed by atoms with Crippen LogP contribution in [0.4, 0.5) is 17.1 Å². The number of nitriles is 1. The summed E-state index contributed by atoms with van der Waals surface area (Å²) >= 11 is 0. The Morgan fingerprint density at radius 1 is 1.13 bits per heavy atom. The number of hydrogen-bond donors (Lipinski definition) is 1. The molecule has 0 fully saturated rings. The molecule has 0 saturated carbocycles. The molecule has 0 aliphatic rings. The Labute approximate surface area is 131 Å². The molecule has 0 aliphatic heterocycles. The molecule has 2 aromatic carbocycles. The predicted molar refractivity (Wildman–Crippen MR) is 82.9 cm³/mol. The van der Waals surface area contributed by atoms with Crippen LogP contribution in [-0.2, 0) is 0 Å². The van der Waals surface area contributed by atoms with E-state index in [2.05, 4.69) is 5.32 Å². The molecule has 0 aliphatic carbocycles. The molecule has 0 saturated heterocycles. The monoisotopic (exact) mass is 312 g/mol. The SMILES string of the molecule is CC(Nc1ccc([N+](=O)[O-])cc1[N+](=O)[O-])c1cccc(C#N)c1. The lowest BCUT2D eigenvalue weighted by atomic mass is 10.1. The summed E-state index contributed by atoms with van der Waals surface area (Å²) in [5.41, 5.74) is 0.713. The van der Waals surface area contributed by atoms with Gasteiger partial charge in [0.25, 0.3) is 11.4 Å². The average molecular weight is 312 g/mol. The third-order valence-corrected chi connectivity index (χ3v) is 3.28. The second-order valence-electron chi connectivity index (χ2n) is 4.82. The Balaban J connectivity index is 2.33. The second kappa shape index (κ2) is 6.53. The van der Waals surface area contributed by atoms with Gasteiger partial charge in [-0.15, -0.1) is 0 Å². The van der Waals surface area contributed by atoms with Crippen LogP contribution in [0, 0.1) is 31.6 Å². The fourth-order valence-corrected chi connectivity index (χ4v) is 2.10. The number of rotatable bonds is 5. The molecule has 0 aromatic heterocycles. The van der Waals surface area contributed by atoms with Crippen LogP contribution >= 0.6 is 0 Å². The van der Waals surface area contributed by atoms with Gasteiger partial charge in [-0.3, -0.25) is 20.2 Å². The predicted octanol–water partition coefficient (Wildman–Crippen LogP) is 3.55. The van der Waals surface area contributed by atoms with Crippen LogP contribution in [0.15, 0.2) is 42.5 Å². The fraction of sp³-hybridized carbons (Fsp3) is 0.133. The summed E-state index contributed by atoms with van der Waals surface area (Å²) in [6.07, 6.45) is 0. The van der Waals surface area contributed by atoms with E-state index in [1.807, 2.05) is 6.07 Å². The van der Waals surface area contributed by atoms with Crippen LogP contribution in [0.5, 0.6) is 0 Å². The normalized spacial score (nSPS) is 11.3. The minimum absolute atomic E-state index is 0.176. The number of benzene rings is 2. The minimum atomic E-state index is -0.684. The highest BCUT2D eigenvalue weighted by molar-refractivity contribution is 5.66. The van der Waals surface area contributed by atoms with Crippen LogP contribution in [0.3, 0.4) is 0 Å². The van der Waals surface area contributed by atoms with Crippen LogP contribution in [-0.4, -0.2) is 9.85 Å². The van der Waals surface area contributed by atoms with Crippen molar-refractivity contribution in [1.29, 1.82) is 5.26 Å². The topological polar surface area (TPSA) is 122 Å². The molecule has 1 atom stereocenters. The van der Waals surface area contributed by atoms with Gasteiger partial charge in [0.15, 0.2) is 0 Å². The van der Waals surface area contributed by atoms with Gasteiger partial charge in [0.1, 0.15) is 5.69 Å². The zero-order chi connectivity index (χ0) is 17.0. The Bertz CT molecular complexity index is 813. The quantitative estimate of drug-likeness (QED) is 0.665. The van der Waals surface area contributed by atoms with Crippen molar-refractivity contribution < 1.29 is 9.85 Å². The Hall–Kier alpha value is -3.47. The largest absolute Gasteiger partial charge is 0.373 e. The number of nitrogens with zero attached hydrogens (tertiary/aromatic N) is 3. The number of non-ortho nitro benzene ring substituents is 1. The summed E-state index contributed by atoms with van der Waals surface area (Å²) in [7, 11) is 0. The Morgan fingerprint density at radius 2 is 1.87 bits per heavy atom. The number of hydrogen-bond acceptors (Lipinski definition) is 6. The summed E-state index contributed by atoms with van der Waals surface area (Å²) < 4.78 is 0. The van der Waals surface area contributed by atoms with Gasteiger partial charge >= 0.3 is 0 Å². The summed E-state index contributed by atoms with van der Waals surface area (Å²) in [5.74, 6) is 0. The lowest BCUT2D eigenvalue weighted by Gasteiger charge is -2.15. The third-order valence-electron chi connectivity index (χ3n) is 3.28.